The molecule has 0 aliphatic carbocycles. The molecule has 2 nitrogen and oxygen atoms in total. The minimum absolute atomic E-state index is 3.66. The topological polar surface area (TPSA) is 20.3 Å². The second-order valence-electron chi connectivity index (χ2n) is 5.06. The van der Waals surface area contributed by atoms with Gasteiger partial charge in [-0.05, 0) is 0 Å². The monoisotopic (exact) mass is 499 g/mol. The largest absolute Gasteiger partial charge is 0.460 e. The van der Waals surface area contributed by atoms with Crippen molar-refractivity contribution in [2.75, 3.05) is 0 Å². The second kappa shape index (κ2) is 6.82. The fourth-order valence-corrected chi connectivity index (χ4v) is 1.40. The fraction of sp³-hybridized carbons (Fsp3) is 0.889. The molecule has 0 saturated carbocycles. The highest BCUT2D eigenvalue weighted by Crippen LogP contribution is 2.64. The van der Waals surface area contributed by atoms with Gasteiger partial charge in [-0.1, -0.05) is 8.96 Å². The summed E-state index contributed by atoms with van der Waals surface area (Å²) in [6.45, 7) is 0. The Kier molecular flexibility index (Phi) is 6.40. The number of amides is 1. The Morgan fingerprint density at radius 3 is 0.900 bits per heavy atom. The molecule has 0 N–H and O–H groups in total. The first-order valence-corrected chi connectivity index (χ1v) is 5.98. The van der Waals surface area contributed by atoms with E-state index in [0.717, 1.165) is 0 Å². The van der Waals surface area contributed by atoms with Gasteiger partial charge in [0.1, 0.15) is 0 Å². The SMILES string of the molecule is O=C(N(F)F)C(F)(F)C(F)(F)C(F)(F)C(F)(F)C(F)(F)C(F)(F)C(F)(F)C(F)(F)F. The van der Waals surface area contributed by atoms with E-state index in [-0.39, 0.29) is 0 Å². The van der Waals surface area contributed by atoms with Gasteiger partial charge in [-0.25, -0.2) is 0 Å². The average Bonchev–Trinajstić information content (AvgIpc) is 2.51. The fourth-order valence-electron chi connectivity index (χ4n) is 1.40. The second-order valence-corrected chi connectivity index (χ2v) is 5.06. The molecule has 0 heterocycles. The van der Waals surface area contributed by atoms with E-state index in [0.29, 0.717) is 0 Å². The van der Waals surface area contributed by atoms with Gasteiger partial charge >= 0.3 is 53.5 Å². The van der Waals surface area contributed by atoms with Crippen LogP contribution in [0, 0.1) is 0 Å². The van der Waals surface area contributed by atoms with Gasteiger partial charge in [0.05, 0.1) is 0 Å². The van der Waals surface area contributed by atoms with Crippen LogP contribution in [0.1, 0.15) is 0 Å². The molecule has 180 valence electrons. The molecule has 0 saturated heterocycles. The normalized spacial score (nSPS) is 16.0. The van der Waals surface area contributed by atoms with Gasteiger partial charge in [0.15, 0.2) is 0 Å². The van der Waals surface area contributed by atoms with Crippen LogP contribution in [0.15, 0.2) is 0 Å². The van der Waals surface area contributed by atoms with E-state index in [4.69, 9.17) is 0 Å². The predicted molar refractivity (Wildman–Crippen MR) is 49.7 cm³/mol. The van der Waals surface area contributed by atoms with Crippen LogP contribution in [0.2, 0.25) is 0 Å². The van der Waals surface area contributed by atoms with Crippen LogP contribution in [0.3, 0.4) is 0 Å². The number of alkyl halides is 17. The van der Waals surface area contributed by atoms with Crippen LogP contribution in [0.4, 0.5) is 83.6 Å². The van der Waals surface area contributed by atoms with Crippen LogP contribution in [-0.2, 0) is 4.79 Å². The zero-order valence-corrected chi connectivity index (χ0v) is 12.5. The molecule has 0 bridgehead atoms. The van der Waals surface area contributed by atoms with Crippen molar-refractivity contribution in [2.24, 2.45) is 0 Å². The van der Waals surface area contributed by atoms with Crippen LogP contribution >= 0.6 is 0 Å². The van der Waals surface area contributed by atoms with Crippen molar-refractivity contribution in [3.05, 3.63) is 0 Å². The summed E-state index contributed by atoms with van der Waals surface area (Å²) in [5.41, 5.74) is 0. The molecule has 0 unspecified atom stereocenters. The number of carbonyl (C=O) groups excluding carboxylic acids is 1. The third-order valence-electron chi connectivity index (χ3n) is 3.14. The zero-order chi connectivity index (χ0) is 25.2. The summed E-state index contributed by atoms with van der Waals surface area (Å²) in [6, 6.07) is 0. The van der Waals surface area contributed by atoms with Crippen molar-refractivity contribution in [2.45, 2.75) is 47.6 Å². The van der Waals surface area contributed by atoms with Crippen LogP contribution in [-0.4, -0.2) is 58.9 Å². The Bertz CT molecular complexity index is 659. The van der Waals surface area contributed by atoms with Crippen LogP contribution in [0.5, 0.6) is 0 Å². The van der Waals surface area contributed by atoms with Gasteiger partial charge in [-0.3, -0.25) is 4.79 Å². The third kappa shape index (κ3) is 3.26. The van der Waals surface area contributed by atoms with Crippen molar-refractivity contribution >= 4 is 5.91 Å². The third-order valence-corrected chi connectivity index (χ3v) is 3.14. The molecule has 0 aliphatic heterocycles. The first-order valence-electron chi connectivity index (χ1n) is 5.98. The summed E-state index contributed by atoms with van der Waals surface area (Å²) in [6.07, 6.45) is -7.91. The van der Waals surface area contributed by atoms with E-state index in [1.807, 2.05) is 0 Å². The molecule has 0 rings (SSSR count). The van der Waals surface area contributed by atoms with E-state index in [9.17, 15) is 88.4 Å². The molecule has 0 aromatic rings. The maximum atomic E-state index is 13.1. The molecule has 0 fully saturated rings. The minimum Gasteiger partial charge on any atom is -0.262 e. The maximum Gasteiger partial charge on any atom is 0.460 e. The molecule has 30 heavy (non-hydrogen) atoms. The predicted octanol–water partition coefficient (Wildman–Crippen LogP) is 5.59. The lowest BCUT2D eigenvalue weighted by molar-refractivity contribution is -0.460. The standard InChI is InChI=1S/C9F19NO/c10-2(11,1(30)29(27)28)3(12,13)4(14,15)5(16,17)6(18,19)7(20,21)8(22,23)9(24,25)26. The number of hydrogen-bond donors (Lipinski definition) is 0. The Labute approximate surface area is 149 Å². The van der Waals surface area contributed by atoms with E-state index in [1.54, 1.807) is 0 Å². The number of rotatable bonds is 7. The van der Waals surface area contributed by atoms with Crippen molar-refractivity contribution in [3.63, 3.8) is 0 Å². The molecule has 0 atom stereocenters. The Hall–Kier alpha value is -1.86. The van der Waals surface area contributed by atoms with Crippen LogP contribution < -0.4 is 0 Å². The molecule has 0 aromatic heterocycles. The molecule has 21 heteroatoms. The lowest BCUT2D eigenvalue weighted by Crippen LogP contribution is -2.75. The summed E-state index contributed by atoms with van der Waals surface area (Å²) >= 11 is 0. The van der Waals surface area contributed by atoms with Crippen molar-refractivity contribution in [3.8, 4) is 0 Å². The number of nitrogens with zero attached hydrogens (tertiary/aromatic N) is 1. The Morgan fingerprint density at radius 2 is 0.667 bits per heavy atom. The highest BCUT2D eigenvalue weighted by molar-refractivity contribution is 5.83. The van der Waals surface area contributed by atoms with Gasteiger partial charge in [0.2, 0.25) is 0 Å². The summed E-state index contributed by atoms with van der Waals surface area (Å²) in [5, 5.41) is -3.66. The Balaban J connectivity index is 6.81. The van der Waals surface area contributed by atoms with Gasteiger partial charge in [0, 0.05) is 5.34 Å². The van der Waals surface area contributed by atoms with Gasteiger partial charge in [-0.2, -0.15) is 74.6 Å². The maximum absolute atomic E-state index is 13.1. The summed E-state index contributed by atoms with van der Waals surface area (Å²) in [4.78, 5) is 10.1. The van der Waals surface area contributed by atoms with Crippen LogP contribution in [0.25, 0.3) is 0 Å². The Morgan fingerprint density at radius 1 is 0.433 bits per heavy atom. The van der Waals surface area contributed by atoms with Crippen molar-refractivity contribution in [1.29, 1.82) is 0 Å². The van der Waals surface area contributed by atoms with Crippen molar-refractivity contribution < 1.29 is 88.4 Å². The lowest BCUT2D eigenvalue weighted by atomic mass is 9.89. The van der Waals surface area contributed by atoms with E-state index in [2.05, 4.69) is 0 Å². The van der Waals surface area contributed by atoms with E-state index < -0.39 is 58.9 Å². The molecular weight excluding hydrogens is 499 g/mol. The molecule has 0 radical (unpaired) electrons. The smallest absolute Gasteiger partial charge is 0.262 e. The quantitative estimate of drug-likeness (QED) is 0.331. The summed E-state index contributed by atoms with van der Waals surface area (Å²) < 4.78 is 239. The first kappa shape index (κ1) is 28.1. The van der Waals surface area contributed by atoms with Gasteiger partial charge in [0.25, 0.3) is 0 Å². The lowest BCUT2D eigenvalue weighted by Gasteiger charge is -2.42. The number of halogens is 19. The van der Waals surface area contributed by atoms with E-state index in [1.165, 1.54) is 0 Å². The van der Waals surface area contributed by atoms with Gasteiger partial charge < -0.3 is 0 Å². The zero-order valence-electron chi connectivity index (χ0n) is 12.5. The number of carbonyl (C=O) groups is 1. The average molecular weight is 499 g/mol. The molecule has 1 amide bonds. The van der Waals surface area contributed by atoms with Crippen molar-refractivity contribution in [1.82, 2.24) is 5.34 Å². The summed E-state index contributed by atoms with van der Waals surface area (Å²) in [5.74, 6) is -64.7. The molecule has 0 aromatic carbocycles. The first-order chi connectivity index (χ1) is 12.6. The molecular formula is C9F19NO. The van der Waals surface area contributed by atoms with Gasteiger partial charge in [-0.15, -0.1) is 0 Å². The minimum atomic E-state index is -8.93. The highest BCUT2D eigenvalue weighted by Gasteiger charge is 2.96. The molecule has 0 aliphatic rings. The number of hydrogen-bond acceptors (Lipinski definition) is 1. The van der Waals surface area contributed by atoms with E-state index >= 15 is 0 Å². The summed E-state index contributed by atoms with van der Waals surface area (Å²) in [7, 11) is 0. The highest BCUT2D eigenvalue weighted by atomic mass is 19.4. The molecule has 0 spiro atoms.